The van der Waals surface area contributed by atoms with Gasteiger partial charge in [0, 0.05) is 12.5 Å². The molecule has 1 N–H and O–H groups in total. The van der Waals surface area contributed by atoms with E-state index in [0.717, 1.165) is 25.2 Å². The topological polar surface area (TPSA) is 29.1 Å². The van der Waals surface area contributed by atoms with Crippen LogP contribution in [-0.2, 0) is 4.79 Å². The van der Waals surface area contributed by atoms with Crippen molar-refractivity contribution in [2.75, 3.05) is 6.54 Å². The SMILES string of the molecule is O=CCCCCC1CCCCN1. The van der Waals surface area contributed by atoms with Crippen molar-refractivity contribution in [1.29, 1.82) is 0 Å². The van der Waals surface area contributed by atoms with Gasteiger partial charge in [-0.05, 0) is 32.2 Å². The number of piperidine rings is 1. The molecule has 0 aliphatic carbocycles. The molecule has 0 aromatic rings. The maximum atomic E-state index is 10.0. The summed E-state index contributed by atoms with van der Waals surface area (Å²) in [6, 6.07) is 0.741. The number of carbonyl (C=O) groups excluding carboxylic acids is 1. The van der Waals surface area contributed by atoms with Crippen LogP contribution in [0.4, 0.5) is 0 Å². The van der Waals surface area contributed by atoms with E-state index in [1.54, 1.807) is 0 Å². The zero-order valence-corrected chi connectivity index (χ0v) is 7.72. The van der Waals surface area contributed by atoms with E-state index in [-0.39, 0.29) is 0 Å². The quantitative estimate of drug-likeness (QED) is 0.503. The summed E-state index contributed by atoms with van der Waals surface area (Å²) in [4.78, 5) is 10.0. The number of aldehydes is 1. The van der Waals surface area contributed by atoms with Gasteiger partial charge < -0.3 is 10.1 Å². The first kappa shape index (κ1) is 9.72. The summed E-state index contributed by atoms with van der Waals surface area (Å²) in [5.41, 5.74) is 0. The predicted octanol–water partition coefficient (Wildman–Crippen LogP) is 1.89. The van der Waals surface area contributed by atoms with Gasteiger partial charge in [-0.1, -0.05) is 12.8 Å². The average Bonchev–Trinajstić information content (AvgIpc) is 2.14. The third-order valence-corrected chi connectivity index (χ3v) is 2.54. The van der Waals surface area contributed by atoms with Crippen LogP contribution in [0.2, 0.25) is 0 Å². The van der Waals surface area contributed by atoms with Crippen LogP contribution in [0.3, 0.4) is 0 Å². The molecule has 12 heavy (non-hydrogen) atoms. The molecule has 2 heteroatoms. The Balaban J connectivity index is 1.94. The van der Waals surface area contributed by atoms with Gasteiger partial charge in [0.1, 0.15) is 6.29 Å². The Labute approximate surface area is 74.7 Å². The minimum atomic E-state index is 0.741. The van der Waals surface area contributed by atoms with Crippen LogP contribution >= 0.6 is 0 Å². The lowest BCUT2D eigenvalue weighted by Crippen LogP contribution is -2.33. The summed E-state index contributed by atoms with van der Waals surface area (Å²) in [7, 11) is 0. The summed E-state index contributed by atoms with van der Waals surface area (Å²) in [5.74, 6) is 0. The molecule has 1 aliphatic heterocycles. The Morgan fingerprint density at radius 3 is 2.92 bits per heavy atom. The van der Waals surface area contributed by atoms with Crippen molar-refractivity contribution in [3.63, 3.8) is 0 Å². The molecule has 0 spiro atoms. The lowest BCUT2D eigenvalue weighted by atomic mass is 9.99. The molecule has 0 radical (unpaired) electrons. The molecule has 1 atom stereocenters. The monoisotopic (exact) mass is 169 g/mol. The Morgan fingerprint density at radius 1 is 1.33 bits per heavy atom. The van der Waals surface area contributed by atoms with Crippen LogP contribution < -0.4 is 5.32 Å². The normalized spacial score (nSPS) is 23.8. The van der Waals surface area contributed by atoms with Crippen molar-refractivity contribution in [2.45, 2.75) is 51.0 Å². The number of rotatable bonds is 5. The predicted molar refractivity (Wildman–Crippen MR) is 50.2 cm³/mol. The molecule has 0 bridgehead atoms. The highest BCUT2D eigenvalue weighted by Crippen LogP contribution is 2.12. The van der Waals surface area contributed by atoms with Crippen molar-refractivity contribution >= 4 is 6.29 Å². The van der Waals surface area contributed by atoms with Crippen LogP contribution in [0, 0.1) is 0 Å². The van der Waals surface area contributed by atoms with Crippen molar-refractivity contribution in [3.8, 4) is 0 Å². The summed E-state index contributed by atoms with van der Waals surface area (Å²) in [5, 5.41) is 3.51. The van der Waals surface area contributed by atoms with Crippen molar-refractivity contribution in [2.24, 2.45) is 0 Å². The molecule has 2 nitrogen and oxygen atoms in total. The van der Waals surface area contributed by atoms with Gasteiger partial charge in [-0.2, -0.15) is 0 Å². The highest BCUT2D eigenvalue weighted by atomic mass is 16.1. The fourth-order valence-corrected chi connectivity index (χ4v) is 1.79. The molecule has 0 saturated carbocycles. The molecular weight excluding hydrogens is 150 g/mol. The van der Waals surface area contributed by atoms with E-state index >= 15 is 0 Å². The van der Waals surface area contributed by atoms with E-state index in [2.05, 4.69) is 5.32 Å². The zero-order chi connectivity index (χ0) is 8.65. The van der Waals surface area contributed by atoms with Gasteiger partial charge in [-0.25, -0.2) is 0 Å². The second-order valence-electron chi connectivity index (χ2n) is 3.60. The number of unbranched alkanes of at least 4 members (excludes halogenated alkanes) is 2. The molecule has 0 aromatic heterocycles. The summed E-state index contributed by atoms with van der Waals surface area (Å²) in [6.07, 6.45) is 9.35. The van der Waals surface area contributed by atoms with E-state index in [4.69, 9.17) is 0 Å². The van der Waals surface area contributed by atoms with Crippen LogP contribution in [0.15, 0.2) is 0 Å². The van der Waals surface area contributed by atoms with E-state index in [9.17, 15) is 4.79 Å². The lowest BCUT2D eigenvalue weighted by Gasteiger charge is -2.23. The first-order valence-corrected chi connectivity index (χ1v) is 5.10. The molecule has 1 fully saturated rings. The fourth-order valence-electron chi connectivity index (χ4n) is 1.79. The van der Waals surface area contributed by atoms with Crippen LogP contribution in [0.25, 0.3) is 0 Å². The Morgan fingerprint density at radius 2 is 2.25 bits per heavy atom. The number of carbonyl (C=O) groups is 1. The van der Waals surface area contributed by atoms with Gasteiger partial charge in [-0.3, -0.25) is 0 Å². The average molecular weight is 169 g/mol. The van der Waals surface area contributed by atoms with E-state index in [1.807, 2.05) is 0 Å². The molecule has 1 heterocycles. The van der Waals surface area contributed by atoms with Crippen molar-refractivity contribution < 1.29 is 4.79 Å². The van der Waals surface area contributed by atoms with Gasteiger partial charge >= 0.3 is 0 Å². The second-order valence-corrected chi connectivity index (χ2v) is 3.60. The summed E-state index contributed by atoms with van der Waals surface area (Å²) < 4.78 is 0. The van der Waals surface area contributed by atoms with E-state index in [0.29, 0.717) is 0 Å². The van der Waals surface area contributed by atoms with Gasteiger partial charge in [0.15, 0.2) is 0 Å². The number of hydrogen-bond donors (Lipinski definition) is 1. The number of hydrogen-bond acceptors (Lipinski definition) is 2. The maximum Gasteiger partial charge on any atom is 0.119 e. The minimum absolute atomic E-state index is 0.741. The van der Waals surface area contributed by atoms with Crippen molar-refractivity contribution in [1.82, 2.24) is 5.32 Å². The van der Waals surface area contributed by atoms with Gasteiger partial charge in [0.2, 0.25) is 0 Å². The Kier molecular flexibility index (Phi) is 5.00. The minimum Gasteiger partial charge on any atom is -0.314 e. The zero-order valence-electron chi connectivity index (χ0n) is 7.72. The molecule has 1 saturated heterocycles. The second kappa shape index (κ2) is 6.18. The highest BCUT2D eigenvalue weighted by molar-refractivity contribution is 5.48. The Bertz CT molecular complexity index is 119. The van der Waals surface area contributed by atoms with Crippen LogP contribution in [-0.4, -0.2) is 18.9 Å². The van der Waals surface area contributed by atoms with Gasteiger partial charge in [-0.15, -0.1) is 0 Å². The third kappa shape index (κ3) is 3.86. The highest BCUT2D eigenvalue weighted by Gasteiger charge is 2.10. The molecule has 0 amide bonds. The fraction of sp³-hybridized carbons (Fsp3) is 0.900. The standard InChI is InChI=1S/C10H19NO/c12-9-5-1-2-6-10-7-3-4-8-11-10/h9-11H,1-8H2. The number of nitrogens with one attached hydrogen (secondary N) is 1. The van der Waals surface area contributed by atoms with Crippen LogP contribution in [0.1, 0.15) is 44.9 Å². The largest absolute Gasteiger partial charge is 0.314 e. The van der Waals surface area contributed by atoms with Crippen LogP contribution in [0.5, 0.6) is 0 Å². The molecular formula is C10H19NO. The smallest absolute Gasteiger partial charge is 0.119 e. The van der Waals surface area contributed by atoms with E-state index < -0.39 is 0 Å². The molecule has 1 rings (SSSR count). The first-order chi connectivity index (χ1) is 5.93. The third-order valence-electron chi connectivity index (χ3n) is 2.54. The molecule has 1 unspecified atom stereocenters. The van der Waals surface area contributed by atoms with Gasteiger partial charge in [0.05, 0.1) is 0 Å². The molecule has 0 aromatic carbocycles. The summed E-state index contributed by atoms with van der Waals surface area (Å²) >= 11 is 0. The van der Waals surface area contributed by atoms with Crippen molar-refractivity contribution in [3.05, 3.63) is 0 Å². The van der Waals surface area contributed by atoms with Gasteiger partial charge in [0.25, 0.3) is 0 Å². The molecule has 1 aliphatic rings. The molecule has 70 valence electrons. The summed E-state index contributed by atoms with van der Waals surface area (Å²) in [6.45, 7) is 1.19. The lowest BCUT2D eigenvalue weighted by molar-refractivity contribution is -0.107. The maximum absolute atomic E-state index is 10.0. The first-order valence-electron chi connectivity index (χ1n) is 5.10. The Hall–Kier alpha value is -0.370. The van der Waals surface area contributed by atoms with E-state index in [1.165, 1.54) is 38.6 Å².